The van der Waals surface area contributed by atoms with Gasteiger partial charge < -0.3 is 14.8 Å². The van der Waals surface area contributed by atoms with Crippen LogP contribution in [0.5, 0.6) is 17.4 Å². The number of thiazole rings is 1. The van der Waals surface area contributed by atoms with Crippen molar-refractivity contribution in [2.24, 2.45) is 0 Å². The highest BCUT2D eigenvalue weighted by molar-refractivity contribution is 7.07. The summed E-state index contributed by atoms with van der Waals surface area (Å²) in [5, 5.41) is 12.1. The van der Waals surface area contributed by atoms with Gasteiger partial charge in [0.1, 0.15) is 17.2 Å². The van der Waals surface area contributed by atoms with E-state index in [2.05, 4.69) is 20.5 Å². The second-order valence-electron chi connectivity index (χ2n) is 4.36. The summed E-state index contributed by atoms with van der Waals surface area (Å²) in [4.78, 5) is 15.8. The summed E-state index contributed by atoms with van der Waals surface area (Å²) in [5.41, 5.74) is 1.93. The van der Waals surface area contributed by atoms with Gasteiger partial charge in [-0.05, 0) is 30.3 Å². The van der Waals surface area contributed by atoms with Crippen LogP contribution in [-0.4, -0.2) is 28.2 Å². The third-order valence-electron chi connectivity index (χ3n) is 2.83. The van der Waals surface area contributed by atoms with Gasteiger partial charge in [0, 0.05) is 11.4 Å². The van der Waals surface area contributed by atoms with E-state index in [0.29, 0.717) is 23.1 Å². The predicted octanol–water partition coefficient (Wildman–Crippen LogP) is 2.99. The van der Waals surface area contributed by atoms with E-state index in [1.807, 2.05) is 0 Å². The Morgan fingerprint density at radius 1 is 1.09 bits per heavy atom. The fourth-order valence-corrected chi connectivity index (χ4v) is 2.24. The average molecular weight is 328 g/mol. The highest BCUT2D eigenvalue weighted by Gasteiger charge is 2.09. The second-order valence-corrected chi connectivity index (χ2v) is 5.08. The number of amides is 1. The molecular formula is C15H12N4O3S. The van der Waals surface area contributed by atoms with E-state index >= 15 is 0 Å². The van der Waals surface area contributed by atoms with Crippen LogP contribution in [0, 0.1) is 0 Å². The molecule has 0 radical (unpaired) electrons. The molecule has 3 rings (SSSR count). The first-order chi connectivity index (χ1) is 11.2. The van der Waals surface area contributed by atoms with E-state index in [1.54, 1.807) is 54.4 Å². The molecule has 0 unspecified atom stereocenters. The highest BCUT2D eigenvalue weighted by Crippen LogP contribution is 2.22. The van der Waals surface area contributed by atoms with E-state index in [1.165, 1.54) is 11.3 Å². The highest BCUT2D eigenvalue weighted by atomic mass is 32.1. The van der Waals surface area contributed by atoms with Crippen molar-refractivity contribution in [3.05, 3.63) is 53.0 Å². The summed E-state index contributed by atoms with van der Waals surface area (Å²) in [6.07, 6.45) is 0. The minimum Gasteiger partial charge on any atom is -0.497 e. The third-order valence-corrected chi connectivity index (χ3v) is 3.41. The fourth-order valence-electron chi connectivity index (χ4n) is 1.71. The number of rotatable bonds is 5. The molecule has 0 fully saturated rings. The van der Waals surface area contributed by atoms with Crippen LogP contribution in [-0.2, 0) is 0 Å². The summed E-state index contributed by atoms with van der Waals surface area (Å²) < 4.78 is 10.6. The molecule has 1 amide bonds. The number of carbonyl (C=O) groups excluding carboxylic acids is 1. The van der Waals surface area contributed by atoms with E-state index in [9.17, 15) is 4.79 Å². The Labute approximate surface area is 135 Å². The molecule has 3 aromatic rings. The molecule has 0 atom stereocenters. The SMILES string of the molecule is COc1ccc(Oc2ccc(NC(=O)c3cscn3)nn2)cc1. The van der Waals surface area contributed by atoms with E-state index in [4.69, 9.17) is 9.47 Å². The monoisotopic (exact) mass is 328 g/mol. The van der Waals surface area contributed by atoms with Gasteiger partial charge in [0.2, 0.25) is 5.88 Å². The smallest absolute Gasteiger partial charge is 0.276 e. The topological polar surface area (TPSA) is 86.2 Å². The summed E-state index contributed by atoms with van der Waals surface area (Å²) in [7, 11) is 1.60. The Bertz CT molecular complexity index is 773. The number of hydrogen-bond donors (Lipinski definition) is 1. The number of aromatic nitrogens is 3. The van der Waals surface area contributed by atoms with Gasteiger partial charge in [0.15, 0.2) is 5.82 Å². The van der Waals surface area contributed by atoms with Gasteiger partial charge in [-0.15, -0.1) is 21.5 Å². The number of nitrogens with zero attached hydrogens (tertiary/aromatic N) is 3. The average Bonchev–Trinajstić information content (AvgIpc) is 3.12. The first-order valence-electron chi connectivity index (χ1n) is 6.60. The van der Waals surface area contributed by atoms with Gasteiger partial charge in [0.25, 0.3) is 5.91 Å². The molecule has 0 spiro atoms. The Kier molecular flexibility index (Phi) is 4.44. The molecule has 1 aromatic carbocycles. The summed E-state index contributed by atoms with van der Waals surface area (Å²) in [6.45, 7) is 0. The van der Waals surface area contributed by atoms with Crippen molar-refractivity contribution in [2.45, 2.75) is 0 Å². The second kappa shape index (κ2) is 6.84. The molecule has 2 aromatic heterocycles. The summed E-state index contributed by atoms with van der Waals surface area (Å²) in [5.74, 6) is 1.67. The molecule has 0 saturated carbocycles. The molecule has 0 aliphatic heterocycles. The largest absolute Gasteiger partial charge is 0.497 e. The molecule has 1 N–H and O–H groups in total. The molecule has 0 bridgehead atoms. The zero-order valence-corrected chi connectivity index (χ0v) is 12.9. The predicted molar refractivity (Wildman–Crippen MR) is 85.2 cm³/mol. The fraction of sp³-hybridized carbons (Fsp3) is 0.0667. The lowest BCUT2D eigenvalue weighted by atomic mass is 10.3. The van der Waals surface area contributed by atoms with Crippen molar-refractivity contribution in [1.29, 1.82) is 0 Å². The van der Waals surface area contributed by atoms with E-state index in [0.717, 1.165) is 5.75 Å². The van der Waals surface area contributed by atoms with Crippen LogP contribution in [0.3, 0.4) is 0 Å². The number of hydrogen-bond acceptors (Lipinski definition) is 7. The maximum atomic E-state index is 11.8. The quantitative estimate of drug-likeness (QED) is 0.775. The van der Waals surface area contributed by atoms with Crippen LogP contribution < -0.4 is 14.8 Å². The molecule has 8 heteroatoms. The van der Waals surface area contributed by atoms with Gasteiger partial charge in [0.05, 0.1) is 12.6 Å². The summed E-state index contributed by atoms with van der Waals surface area (Å²) in [6, 6.07) is 10.3. The maximum Gasteiger partial charge on any atom is 0.276 e. The first-order valence-corrected chi connectivity index (χ1v) is 7.54. The van der Waals surface area contributed by atoms with Crippen LogP contribution in [0.15, 0.2) is 47.3 Å². The van der Waals surface area contributed by atoms with Crippen molar-refractivity contribution < 1.29 is 14.3 Å². The molecule has 7 nitrogen and oxygen atoms in total. The van der Waals surface area contributed by atoms with Crippen LogP contribution >= 0.6 is 11.3 Å². The van der Waals surface area contributed by atoms with Crippen molar-refractivity contribution in [2.75, 3.05) is 12.4 Å². The van der Waals surface area contributed by atoms with Crippen LogP contribution in [0.1, 0.15) is 10.5 Å². The van der Waals surface area contributed by atoms with Crippen LogP contribution in [0.25, 0.3) is 0 Å². The van der Waals surface area contributed by atoms with Crippen molar-refractivity contribution >= 4 is 23.1 Å². The minimum atomic E-state index is -0.329. The standard InChI is InChI=1S/C15H12N4O3S/c1-21-10-2-4-11(5-3-10)22-14-7-6-13(18-19-14)17-15(20)12-8-23-9-16-12/h2-9H,1H3,(H,17,18,20). The van der Waals surface area contributed by atoms with Gasteiger partial charge in [-0.2, -0.15) is 0 Å². The number of methoxy groups -OCH3 is 1. The lowest BCUT2D eigenvalue weighted by molar-refractivity contribution is 0.102. The minimum absolute atomic E-state index is 0.321. The molecule has 0 aliphatic rings. The van der Waals surface area contributed by atoms with Crippen molar-refractivity contribution in [1.82, 2.24) is 15.2 Å². The van der Waals surface area contributed by atoms with E-state index < -0.39 is 0 Å². The van der Waals surface area contributed by atoms with Crippen molar-refractivity contribution in [3.8, 4) is 17.4 Å². The Hall–Kier alpha value is -3.00. The lowest BCUT2D eigenvalue weighted by Crippen LogP contribution is -2.13. The Morgan fingerprint density at radius 3 is 2.48 bits per heavy atom. The van der Waals surface area contributed by atoms with Gasteiger partial charge >= 0.3 is 0 Å². The maximum absolute atomic E-state index is 11.8. The first kappa shape index (κ1) is 14.9. The van der Waals surface area contributed by atoms with Crippen LogP contribution in [0.4, 0.5) is 5.82 Å². The van der Waals surface area contributed by atoms with Crippen molar-refractivity contribution in [3.63, 3.8) is 0 Å². The zero-order chi connectivity index (χ0) is 16.1. The molecule has 2 heterocycles. The Morgan fingerprint density at radius 2 is 1.87 bits per heavy atom. The van der Waals surface area contributed by atoms with Gasteiger partial charge in [-0.25, -0.2) is 4.98 Å². The van der Waals surface area contributed by atoms with Gasteiger partial charge in [-0.1, -0.05) is 0 Å². The number of benzene rings is 1. The Balaban J connectivity index is 1.63. The molecule has 0 saturated heterocycles. The molecule has 0 aliphatic carbocycles. The summed E-state index contributed by atoms with van der Waals surface area (Å²) >= 11 is 1.35. The number of carbonyl (C=O) groups is 1. The van der Waals surface area contributed by atoms with Gasteiger partial charge in [-0.3, -0.25) is 4.79 Å². The molecular weight excluding hydrogens is 316 g/mol. The molecule has 116 valence electrons. The van der Waals surface area contributed by atoms with Crippen LogP contribution in [0.2, 0.25) is 0 Å². The number of anilines is 1. The lowest BCUT2D eigenvalue weighted by Gasteiger charge is -2.06. The normalized spacial score (nSPS) is 10.1. The number of nitrogens with one attached hydrogen (secondary N) is 1. The number of ether oxygens (including phenoxy) is 2. The third kappa shape index (κ3) is 3.80. The molecule has 23 heavy (non-hydrogen) atoms. The van der Waals surface area contributed by atoms with E-state index in [-0.39, 0.29) is 5.91 Å². The zero-order valence-electron chi connectivity index (χ0n) is 12.1.